The van der Waals surface area contributed by atoms with E-state index in [2.05, 4.69) is 15.0 Å². The minimum absolute atomic E-state index is 0.0577. The van der Waals surface area contributed by atoms with E-state index in [0.717, 1.165) is 36.1 Å². The number of hydrogen-bond donors (Lipinski definition) is 0. The van der Waals surface area contributed by atoms with E-state index in [0.29, 0.717) is 42.8 Å². The Bertz CT molecular complexity index is 1130. The van der Waals surface area contributed by atoms with E-state index in [1.165, 1.54) is 0 Å². The average Bonchev–Trinajstić information content (AvgIpc) is 3.32. The number of ether oxygens (including phenoxy) is 2. The molecular formula is C26H32N4O4. The van der Waals surface area contributed by atoms with E-state index in [4.69, 9.17) is 14.0 Å². The summed E-state index contributed by atoms with van der Waals surface area (Å²) in [5.74, 6) is 2.60. The molecule has 1 unspecified atom stereocenters. The van der Waals surface area contributed by atoms with Crippen molar-refractivity contribution in [2.24, 2.45) is 5.92 Å². The number of carbonyl (C=O) groups excluding carboxylic acids is 1. The summed E-state index contributed by atoms with van der Waals surface area (Å²) in [7, 11) is 5.07. The minimum Gasteiger partial charge on any atom is -0.493 e. The van der Waals surface area contributed by atoms with Gasteiger partial charge in [-0.1, -0.05) is 35.5 Å². The van der Waals surface area contributed by atoms with E-state index in [1.54, 1.807) is 19.1 Å². The number of carbonyl (C=O) groups is 1. The monoisotopic (exact) mass is 464 g/mol. The van der Waals surface area contributed by atoms with Crippen molar-refractivity contribution < 1.29 is 18.8 Å². The molecule has 0 bridgehead atoms. The van der Waals surface area contributed by atoms with Crippen LogP contribution in [0.5, 0.6) is 11.5 Å². The largest absolute Gasteiger partial charge is 0.493 e. The molecule has 4 rings (SSSR count). The van der Waals surface area contributed by atoms with Crippen molar-refractivity contribution in [2.45, 2.75) is 32.9 Å². The van der Waals surface area contributed by atoms with E-state index in [-0.39, 0.29) is 11.8 Å². The highest BCUT2D eigenvalue weighted by Gasteiger charge is 2.29. The molecule has 0 saturated carbocycles. The van der Waals surface area contributed by atoms with Crippen molar-refractivity contribution in [1.82, 2.24) is 19.9 Å². The lowest BCUT2D eigenvalue weighted by Gasteiger charge is -2.33. The predicted molar refractivity (Wildman–Crippen MR) is 128 cm³/mol. The van der Waals surface area contributed by atoms with Crippen molar-refractivity contribution in [2.75, 3.05) is 34.4 Å². The fourth-order valence-electron chi connectivity index (χ4n) is 4.49. The number of amides is 1. The average molecular weight is 465 g/mol. The number of aromatic nitrogens is 2. The third-order valence-electron chi connectivity index (χ3n) is 6.31. The molecule has 1 fully saturated rings. The maximum absolute atomic E-state index is 13.2. The summed E-state index contributed by atoms with van der Waals surface area (Å²) >= 11 is 0. The zero-order valence-electron chi connectivity index (χ0n) is 20.3. The molecule has 1 aliphatic heterocycles. The van der Waals surface area contributed by atoms with Crippen molar-refractivity contribution in [3.8, 4) is 22.9 Å². The third-order valence-corrected chi connectivity index (χ3v) is 6.31. The number of likely N-dealkylation sites (tertiary alicyclic amines) is 1. The molecule has 0 aliphatic carbocycles. The Morgan fingerprint density at radius 3 is 2.74 bits per heavy atom. The summed E-state index contributed by atoms with van der Waals surface area (Å²) in [4.78, 5) is 21.8. The third kappa shape index (κ3) is 5.39. The molecule has 1 aromatic heterocycles. The lowest BCUT2D eigenvalue weighted by Crippen LogP contribution is -2.43. The molecule has 3 aromatic rings. The highest BCUT2D eigenvalue weighted by Crippen LogP contribution is 2.28. The van der Waals surface area contributed by atoms with E-state index in [9.17, 15) is 4.79 Å². The van der Waals surface area contributed by atoms with Crippen LogP contribution < -0.4 is 9.47 Å². The maximum atomic E-state index is 13.2. The van der Waals surface area contributed by atoms with Crippen LogP contribution in [0.25, 0.3) is 11.4 Å². The van der Waals surface area contributed by atoms with E-state index in [1.807, 2.05) is 56.4 Å². The number of piperidine rings is 1. The lowest BCUT2D eigenvalue weighted by atomic mass is 9.96. The van der Waals surface area contributed by atoms with E-state index >= 15 is 0 Å². The molecule has 2 aromatic carbocycles. The highest BCUT2D eigenvalue weighted by atomic mass is 16.5. The minimum atomic E-state index is -0.0577. The smallest absolute Gasteiger partial charge is 0.241 e. The molecule has 8 heteroatoms. The Morgan fingerprint density at radius 1 is 1.18 bits per heavy atom. The molecule has 0 radical (unpaired) electrons. The van der Waals surface area contributed by atoms with Crippen LogP contribution >= 0.6 is 0 Å². The quantitative estimate of drug-likeness (QED) is 0.500. The molecule has 1 amide bonds. The van der Waals surface area contributed by atoms with Gasteiger partial charge >= 0.3 is 0 Å². The van der Waals surface area contributed by atoms with Gasteiger partial charge in [-0.2, -0.15) is 4.98 Å². The summed E-state index contributed by atoms with van der Waals surface area (Å²) < 4.78 is 16.2. The molecule has 2 heterocycles. The summed E-state index contributed by atoms with van der Waals surface area (Å²) in [5, 5.41) is 4.16. The molecule has 0 spiro atoms. The van der Waals surface area contributed by atoms with Crippen molar-refractivity contribution in [3.63, 3.8) is 0 Å². The highest BCUT2D eigenvalue weighted by molar-refractivity contribution is 5.79. The fourth-order valence-corrected chi connectivity index (χ4v) is 4.49. The van der Waals surface area contributed by atoms with Crippen molar-refractivity contribution >= 4 is 5.91 Å². The van der Waals surface area contributed by atoms with Gasteiger partial charge in [0.2, 0.25) is 17.6 Å². The second kappa shape index (κ2) is 10.7. The van der Waals surface area contributed by atoms with Crippen molar-refractivity contribution in [3.05, 3.63) is 59.5 Å². The topological polar surface area (TPSA) is 80.9 Å². The molecule has 180 valence electrons. The summed E-state index contributed by atoms with van der Waals surface area (Å²) in [6, 6.07) is 13.7. The number of aryl methyl sites for hydroxylation is 1. The van der Waals surface area contributed by atoms with Gasteiger partial charge in [-0.05, 0) is 49.6 Å². The normalized spacial score (nSPS) is 16.3. The zero-order valence-corrected chi connectivity index (χ0v) is 20.3. The Kier molecular flexibility index (Phi) is 7.47. The Balaban J connectivity index is 1.36. The molecule has 0 N–H and O–H groups in total. The SMILES string of the molecule is COc1ccc(CN(C)C(=O)C2CCCN(Cc3nc(-c4ccccc4C)no3)C2)cc1OC. The second-order valence-corrected chi connectivity index (χ2v) is 8.78. The van der Waals surface area contributed by atoms with Crippen LogP contribution in [0.4, 0.5) is 0 Å². The van der Waals surface area contributed by atoms with Crippen LogP contribution in [-0.2, 0) is 17.9 Å². The van der Waals surface area contributed by atoms with Gasteiger partial charge in [0, 0.05) is 25.7 Å². The van der Waals surface area contributed by atoms with Gasteiger partial charge in [0.1, 0.15) is 0 Å². The first kappa shape index (κ1) is 23.8. The van der Waals surface area contributed by atoms with Crippen LogP contribution in [0.2, 0.25) is 0 Å². The van der Waals surface area contributed by atoms with Gasteiger partial charge in [0.15, 0.2) is 11.5 Å². The molecular weight excluding hydrogens is 432 g/mol. The summed E-state index contributed by atoms with van der Waals surface area (Å²) in [6.45, 7) is 4.67. The van der Waals surface area contributed by atoms with Crippen LogP contribution in [0.1, 0.15) is 29.9 Å². The Morgan fingerprint density at radius 2 is 1.97 bits per heavy atom. The number of hydrogen-bond acceptors (Lipinski definition) is 7. The van der Waals surface area contributed by atoms with Crippen LogP contribution in [-0.4, -0.2) is 60.2 Å². The van der Waals surface area contributed by atoms with Crippen molar-refractivity contribution in [1.29, 1.82) is 0 Å². The number of methoxy groups -OCH3 is 2. The first-order valence-corrected chi connectivity index (χ1v) is 11.5. The molecule has 8 nitrogen and oxygen atoms in total. The van der Waals surface area contributed by atoms with Gasteiger partial charge in [-0.25, -0.2) is 0 Å². The molecule has 34 heavy (non-hydrogen) atoms. The van der Waals surface area contributed by atoms with Crippen LogP contribution in [0.15, 0.2) is 47.0 Å². The first-order valence-electron chi connectivity index (χ1n) is 11.5. The molecule has 1 aliphatic rings. The van der Waals surface area contributed by atoms with Gasteiger partial charge in [0.05, 0.1) is 26.7 Å². The molecule has 1 saturated heterocycles. The second-order valence-electron chi connectivity index (χ2n) is 8.78. The number of nitrogens with zero attached hydrogens (tertiary/aromatic N) is 4. The Hall–Kier alpha value is -3.39. The summed E-state index contributed by atoms with van der Waals surface area (Å²) in [5.41, 5.74) is 3.08. The molecule has 1 atom stereocenters. The Labute approximate surface area is 200 Å². The van der Waals surface area contributed by atoms with Gasteiger partial charge < -0.3 is 18.9 Å². The zero-order chi connectivity index (χ0) is 24.1. The first-order chi connectivity index (χ1) is 16.5. The summed E-state index contributed by atoms with van der Waals surface area (Å²) in [6.07, 6.45) is 1.84. The van der Waals surface area contributed by atoms with Gasteiger partial charge in [-0.3, -0.25) is 9.69 Å². The fraction of sp³-hybridized carbons (Fsp3) is 0.423. The van der Waals surface area contributed by atoms with Gasteiger partial charge in [0.25, 0.3) is 0 Å². The predicted octanol–water partition coefficient (Wildman–Crippen LogP) is 3.93. The number of rotatable bonds is 8. The number of benzene rings is 2. The maximum Gasteiger partial charge on any atom is 0.241 e. The lowest BCUT2D eigenvalue weighted by molar-refractivity contribution is -0.136. The van der Waals surface area contributed by atoms with Gasteiger partial charge in [-0.15, -0.1) is 0 Å². The standard InChI is InChI=1S/C26H32N4O4/c1-18-8-5-6-10-21(18)25-27-24(34-28-25)17-30-13-7-9-20(16-30)26(31)29(2)15-19-11-12-22(32-3)23(14-19)33-4/h5-6,8,10-12,14,20H,7,9,13,15-17H2,1-4H3. The van der Waals surface area contributed by atoms with E-state index < -0.39 is 0 Å². The van der Waals surface area contributed by atoms with Crippen LogP contribution in [0, 0.1) is 12.8 Å². The van der Waals surface area contributed by atoms with Crippen LogP contribution in [0.3, 0.4) is 0 Å².